The summed E-state index contributed by atoms with van der Waals surface area (Å²) in [6.45, 7) is 4.33. The van der Waals surface area contributed by atoms with Gasteiger partial charge in [-0.2, -0.15) is 0 Å². The number of hydrogen-bond acceptors (Lipinski definition) is 2. The first-order valence-electron chi connectivity index (χ1n) is 6.32. The van der Waals surface area contributed by atoms with Gasteiger partial charge in [0, 0.05) is 12.1 Å². The minimum absolute atomic E-state index is 0.138. The zero-order valence-electron chi connectivity index (χ0n) is 10.5. The van der Waals surface area contributed by atoms with Crippen LogP contribution in [0.25, 0.3) is 0 Å². The number of rotatable bonds is 5. The van der Waals surface area contributed by atoms with Gasteiger partial charge in [-0.15, -0.1) is 0 Å². The van der Waals surface area contributed by atoms with Gasteiger partial charge in [-0.25, -0.2) is 0 Å². The first-order valence-corrected chi connectivity index (χ1v) is 6.32. The van der Waals surface area contributed by atoms with Gasteiger partial charge < -0.3 is 16.2 Å². The summed E-state index contributed by atoms with van der Waals surface area (Å²) in [5, 5.41) is 12.2. The van der Waals surface area contributed by atoms with E-state index in [2.05, 4.69) is 24.2 Å². The molecule has 94 valence electrons. The lowest BCUT2D eigenvalue weighted by Gasteiger charge is -2.29. The molecule has 0 aliphatic heterocycles. The Kier molecular flexibility index (Phi) is 5.06. The minimum Gasteiger partial charge on any atom is -0.396 e. The summed E-state index contributed by atoms with van der Waals surface area (Å²) in [6, 6.07) is 0.405. The zero-order chi connectivity index (χ0) is 12.0. The highest BCUT2D eigenvalue weighted by Gasteiger charge is 2.22. The average molecular weight is 227 g/mol. The van der Waals surface area contributed by atoms with Gasteiger partial charge in [0.15, 0.2) is 5.96 Å². The molecule has 4 N–H and O–H groups in total. The summed E-state index contributed by atoms with van der Waals surface area (Å²) in [4.78, 5) is 4.49. The van der Waals surface area contributed by atoms with Gasteiger partial charge >= 0.3 is 0 Å². The normalized spacial score (nSPS) is 22.1. The Morgan fingerprint density at radius 3 is 2.62 bits per heavy atom. The third-order valence-corrected chi connectivity index (χ3v) is 3.52. The summed E-state index contributed by atoms with van der Waals surface area (Å²) in [5.74, 6) is 0.532. The molecule has 1 unspecified atom stereocenters. The standard InChI is InChI=1S/C12H25N3O/c1-3-12(2,8-9-16)15-11(13)14-10-6-4-5-7-10/h10,16H,3-9H2,1-2H3,(H3,13,14,15). The van der Waals surface area contributed by atoms with Crippen LogP contribution in [-0.2, 0) is 0 Å². The van der Waals surface area contributed by atoms with Gasteiger partial charge in [-0.3, -0.25) is 4.99 Å². The van der Waals surface area contributed by atoms with E-state index < -0.39 is 0 Å². The molecular weight excluding hydrogens is 202 g/mol. The molecule has 1 aliphatic carbocycles. The number of nitrogens with zero attached hydrogens (tertiary/aromatic N) is 1. The van der Waals surface area contributed by atoms with Crippen molar-refractivity contribution in [2.24, 2.45) is 10.7 Å². The molecule has 1 rings (SSSR count). The van der Waals surface area contributed by atoms with Gasteiger partial charge in [-0.1, -0.05) is 19.8 Å². The second-order valence-corrected chi connectivity index (χ2v) is 4.97. The molecule has 0 aromatic rings. The molecule has 1 saturated carbocycles. The zero-order valence-corrected chi connectivity index (χ0v) is 10.5. The molecule has 4 heteroatoms. The van der Waals surface area contributed by atoms with Crippen molar-refractivity contribution < 1.29 is 5.11 Å². The molecule has 0 aromatic heterocycles. The van der Waals surface area contributed by atoms with Gasteiger partial charge in [-0.05, 0) is 32.6 Å². The number of aliphatic imine (C=N–C) groups is 1. The summed E-state index contributed by atoms with van der Waals surface area (Å²) < 4.78 is 0. The van der Waals surface area contributed by atoms with Crippen LogP contribution in [0, 0.1) is 0 Å². The fourth-order valence-electron chi connectivity index (χ4n) is 2.15. The van der Waals surface area contributed by atoms with Crippen LogP contribution in [0.15, 0.2) is 4.99 Å². The minimum atomic E-state index is -0.138. The Morgan fingerprint density at radius 2 is 2.12 bits per heavy atom. The Morgan fingerprint density at radius 1 is 1.50 bits per heavy atom. The van der Waals surface area contributed by atoms with Gasteiger partial charge in [0.2, 0.25) is 0 Å². The average Bonchev–Trinajstić information content (AvgIpc) is 2.70. The Labute approximate surface area is 98.3 Å². The maximum absolute atomic E-state index is 9.01. The van der Waals surface area contributed by atoms with Crippen molar-refractivity contribution in [1.29, 1.82) is 0 Å². The van der Waals surface area contributed by atoms with Crippen molar-refractivity contribution in [3.63, 3.8) is 0 Å². The summed E-state index contributed by atoms with van der Waals surface area (Å²) in [5.41, 5.74) is 5.76. The van der Waals surface area contributed by atoms with E-state index in [9.17, 15) is 0 Å². The van der Waals surface area contributed by atoms with Crippen molar-refractivity contribution in [2.75, 3.05) is 6.61 Å². The quantitative estimate of drug-likeness (QED) is 0.491. The molecule has 0 bridgehead atoms. The first kappa shape index (κ1) is 13.3. The summed E-state index contributed by atoms with van der Waals surface area (Å²) in [6.07, 6.45) is 6.47. The fraction of sp³-hybridized carbons (Fsp3) is 0.917. The highest BCUT2D eigenvalue weighted by molar-refractivity contribution is 5.78. The molecule has 16 heavy (non-hydrogen) atoms. The third-order valence-electron chi connectivity index (χ3n) is 3.52. The molecule has 0 spiro atoms. The summed E-state index contributed by atoms with van der Waals surface area (Å²) in [7, 11) is 0. The second kappa shape index (κ2) is 6.09. The SMILES string of the molecule is CCC(C)(CCO)NC(N)=NC1CCCC1. The molecular formula is C12H25N3O. The lowest BCUT2D eigenvalue weighted by molar-refractivity contribution is 0.231. The van der Waals surface area contributed by atoms with Gasteiger partial charge in [0.25, 0.3) is 0 Å². The van der Waals surface area contributed by atoms with E-state index in [0.717, 1.165) is 19.3 Å². The number of guanidine groups is 1. The number of aliphatic hydroxyl groups excluding tert-OH is 1. The number of hydrogen-bond donors (Lipinski definition) is 3. The van der Waals surface area contributed by atoms with E-state index in [0.29, 0.717) is 18.4 Å². The van der Waals surface area contributed by atoms with Crippen LogP contribution in [0.5, 0.6) is 0 Å². The van der Waals surface area contributed by atoms with Crippen molar-refractivity contribution in [3.8, 4) is 0 Å². The van der Waals surface area contributed by atoms with Gasteiger partial charge in [0.05, 0.1) is 6.04 Å². The van der Waals surface area contributed by atoms with Crippen LogP contribution >= 0.6 is 0 Å². The third kappa shape index (κ3) is 4.00. The van der Waals surface area contributed by atoms with Crippen LogP contribution in [-0.4, -0.2) is 29.3 Å². The highest BCUT2D eigenvalue weighted by Crippen LogP contribution is 2.21. The van der Waals surface area contributed by atoms with Gasteiger partial charge in [0.1, 0.15) is 0 Å². The topological polar surface area (TPSA) is 70.6 Å². The molecule has 0 radical (unpaired) electrons. The monoisotopic (exact) mass is 227 g/mol. The molecule has 1 aliphatic rings. The molecule has 1 fully saturated rings. The lowest BCUT2D eigenvalue weighted by atomic mass is 9.95. The van der Waals surface area contributed by atoms with Crippen LogP contribution in [0.3, 0.4) is 0 Å². The van der Waals surface area contributed by atoms with E-state index in [1.807, 2.05) is 0 Å². The lowest BCUT2D eigenvalue weighted by Crippen LogP contribution is -2.49. The fourth-order valence-corrected chi connectivity index (χ4v) is 2.15. The smallest absolute Gasteiger partial charge is 0.189 e. The van der Waals surface area contributed by atoms with Crippen molar-refractivity contribution in [2.45, 2.75) is 64.0 Å². The van der Waals surface area contributed by atoms with E-state index in [4.69, 9.17) is 10.8 Å². The maximum atomic E-state index is 9.01. The number of nitrogens with two attached hydrogens (primary N) is 1. The van der Waals surface area contributed by atoms with Crippen molar-refractivity contribution in [1.82, 2.24) is 5.32 Å². The molecule has 0 amide bonds. The second-order valence-electron chi connectivity index (χ2n) is 4.97. The number of nitrogens with one attached hydrogen (secondary N) is 1. The van der Waals surface area contributed by atoms with Crippen LogP contribution < -0.4 is 11.1 Å². The molecule has 0 heterocycles. The van der Waals surface area contributed by atoms with E-state index in [1.54, 1.807) is 0 Å². The predicted molar refractivity (Wildman–Crippen MR) is 67.4 cm³/mol. The van der Waals surface area contributed by atoms with Crippen LogP contribution in [0.4, 0.5) is 0 Å². The van der Waals surface area contributed by atoms with E-state index in [-0.39, 0.29) is 12.1 Å². The predicted octanol–water partition coefficient (Wildman–Crippen LogP) is 1.38. The molecule has 4 nitrogen and oxygen atoms in total. The Hall–Kier alpha value is -0.770. The van der Waals surface area contributed by atoms with Crippen molar-refractivity contribution in [3.05, 3.63) is 0 Å². The van der Waals surface area contributed by atoms with E-state index >= 15 is 0 Å². The number of aliphatic hydroxyl groups is 1. The molecule has 0 saturated heterocycles. The largest absolute Gasteiger partial charge is 0.396 e. The van der Waals surface area contributed by atoms with Crippen molar-refractivity contribution >= 4 is 5.96 Å². The summed E-state index contributed by atoms with van der Waals surface area (Å²) >= 11 is 0. The van der Waals surface area contributed by atoms with Crippen LogP contribution in [0.1, 0.15) is 52.4 Å². The highest BCUT2D eigenvalue weighted by atomic mass is 16.3. The van der Waals surface area contributed by atoms with E-state index in [1.165, 1.54) is 12.8 Å². The Balaban J connectivity index is 2.49. The molecule has 1 atom stereocenters. The van der Waals surface area contributed by atoms with Crippen LogP contribution in [0.2, 0.25) is 0 Å². The molecule has 0 aromatic carbocycles. The maximum Gasteiger partial charge on any atom is 0.189 e. The Bertz CT molecular complexity index is 236. The first-order chi connectivity index (χ1) is 7.59.